The average molecular weight is 663 g/mol. The monoisotopic (exact) mass is 662 g/mol. The molecule has 10 aromatic rings. The van der Waals surface area contributed by atoms with Gasteiger partial charge < -0.3 is 9.47 Å². The van der Waals surface area contributed by atoms with Crippen LogP contribution in [0.15, 0.2) is 206 Å². The molecule has 0 saturated carbocycles. The van der Waals surface area contributed by atoms with Crippen LogP contribution >= 0.6 is 0 Å². The lowest BCUT2D eigenvalue weighted by atomic mass is 9.89. The van der Waals surface area contributed by atoms with Crippen molar-refractivity contribution in [3.05, 3.63) is 206 Å². The van der Waals surface area contributed by atoms with Crippen molar-refractivity contribution in [2.45, 2.75) is 0 Å². The van der Waals surface area contributed by atoms with Crippen molar-refractivity contribution in [2.24, 2.45) is 0 Å². The highest BCUT2D eigenvalue weighted by Gasteiger charge is 2.17. The van der Waals surface area contributed by atoms with E-state index in [1.54, 1.807) is 0 Å². The number of anilines is 3. The largest absolute Gasteiger partial charge is 0.311 e. The molecule has 52 heavy (non-hydrogen) atoms. The minimum atomic E-state index is 1.10. The van der Waals surface area contributed by atoms with Crippen molar-refractivity contribution < 1.29 is 0 Å². The summed E-state index contributed by atoms with van der Waals surface area (Å²) >= 11 is 0. The van der Waals surface area contributed by atoms with Crippen LogP contribution < -0.4 is 4.90 Å². The number of nitrogens with zero attached hydrogens (tertiary/aromatic N) is 2. The van der Waals surface area contributed by atoms with Gasteiger partial charge in [-0.2, -0.15) is 0 Å². The van der Waals surface area contributed by atoms with Crippen molar-refractivity contribution in [3.63, 3.8) is 0 Å². The van der Waals surface area contributed by atoms with Gasteiger partial charge in [0.25, 0.3) is 0 Å². The molecule has 9 aromatic carbocycles. The molecule has 0 aliphatic carbocycles. The fourth-order valence-corrected chi connectivity index (χ4v) is 8.03. The van der Waals surface area contributed by atoms with Gasteiger partial charge in [-0.05, 0) is 104 Å². The summed E-state index contributed by atoms with van der Waals surface area (Å²) in [5, 5.41) is 7.57. The smallest absolute Gasteiger partial charge is 0.0541 e. The summed E-state index contributed by atoms with van der Waals surface area (Å²) in [7, 11) is 0. The second kappa shape index (κ2) is 12.5. The Labute approximate surface area is 303 Å². The molecule has 1 aromatic heterocycles. The lowest BCUT2D eigenvalue weighted by Crippen LogP contribution is -2.10. The van der Waals surface area contributed by atoms with Gasteiger partial charge in [-0.25, -0.2) is 0 Å². The number of benzene rings is 9. The van der Waals surface area contributed by atoms with Crippen LogP contribution in [-0.2, 0) is 0 Å². The Morgan fingerprint density at radius 2 is 0.788 bits per heavy atom. The van der Waals surface area contributed by atoms with Gasteiger partial charge in [0, 0.05) is 33.5 Å². The standard InChI is InChI=1S/C50H34N2/c1-2-17-38(18-3-1)51(40-31-33-41(34-32-40)52-48-25-8-6-20-45(48)46-21-7-9-26-49(46)52)39-29-27-36(28-30-39)43-22-11-15-37-16-12-24-47(50(37)43)44-23-10-14-35-13-4-5-19-42(35)44/h1-34H. The average Bonchev–Trinajstić information content (AvgIpc) is 3.56. The van der Waals surface area contributed by atoms with E-state index in [-0.39, 0.29) is 0 Å². The Balaban J connectivity index is 1.07. The maximum absolute atomic E-state index is 2.37. The van der Waals surface area contributed by atoms with Crippen LogP contribution in [0.3, 0.4) is 0 Å². The van der Waals surface area contributed by atoms with Crippen LogP contribution in [0, 0.1) is 0 Å². The van der Waals surface area contributed by atoms with Crippen LogP contribution in [0.2, 0.25) is 0 Å². The quantitative estimate of drug-likeness (QED) is 0.172. The van der Waals surface area contributed by atoms with E-state index in [0.29, 0.717) is 0 Å². The molecule has 2 nitrogen and oxygen atoms in total. The van der Waals surface area contributed by atoms with Crippen LogP contribution in [0.4, 0.5) is 17.1 Å². The Morgan fingerprint density at radius 3 is 1.46 bits per heavy atom. The van der Waals surface area contributed by atoms with Crippen molar-refractivity contribution in [1.82, 2.24) is 4.57 Å². The first-order chi connectivity index (χ1) is 25.8. The highest BCUT2D eigenvalue weighted by atomic mass is 15.1. The summed E-state index contributed by atoms with van der Waals surface area (Å²) in [4.78, 5) is 2.34. The third kappa shape index (κ3) is 4.96. The third-order valence-electron chi connectivity index (χ3n) is 10.4. The second-order valence-corrected chi connectivity index (χ2v) is 13.3. The fraction of sp³-hybridized carbons (Fsp3) is 0. The van der Waals surface area contributed by atoms with Crippen molar-refractivity contribution in [3.8, 4) is 27.9 Å². The van der Waals surface area contributed by atoms with E-state index in [1.165, 1.54) is 65.6 Å². The van der Waals surface area contributed by atoms with Crippen LogP contribution in [-0.4, -0.2) is 4.57 Å². The van der Waals surface area contributed by atoms with Gasteiger partial charge in [-0.3, -0.25) is 0 Å². The first kappa shape index (κ1) is 30.0. The summed E-state index contributed by atoms with van der Waals surface area (Å²) in [5.74, 6) is 0. The van der Waals surface area contributed by atoms with Gasteiger partial charge in [-0.15, -0.1) is 0 Å². The van der Waals surface area contributed by atoms with Gasteiger partial charge in [-0.1, -0.05) is 146 Å². The molecular formula is C50H34N2. The molecule has 2 heteroatoms. The molecule has 0 amide bonds. The van der Waals surface area contributed by atoms with E-state index in [1.807, 2.05) is 0 Å². The van der Waals surface area contributed by atoms with E-state index in [0.717, 1.165) is 22.7 Å². The van der Waals surface area contributed by atoms with Gasteiger partial charge in [0.2, 0.25) is 0 Å². The number of hydrogen-bond donors (Lipinski definition) is 0. The van der Waals surface area contributed by atoms with Gasteiger partial charge in [0.05, 0.1) is 11.0 Å². The predicted molar refractivity (Wildman–Crippen MR) is 221 cm³/mol. The first-order valence-corrected chi connectivity index (χ1v) is 17.9. The molecule has 0 unspecified atom stereocenters. The van der Waals surface area contributed by atoms with E-state index >= 15 is 0 Å². The zero-order chi connectivity index (χ0) is 34.4. The second-order valence-electron chi connectivity index (χ2n) is 13.3. The Bertz CT molecular complexity index is 2820. The maximum Gasteiger partial charge on any atom is 0.0541 e. The molecule has 244 valence electrons. The first-order valence-electron chi connectivity index (χ1n) is 17.9. The van der Waals surface area contributed by atoms with Crippen molar-refractivity contribution in [1.29, 1.82) is 0 Å². The number of aromatic nitrogens is 1. The zero-order valence-electron chi connectivity index (χ0n) is 28.5. The summed E-state index contributed by atoms with van der Waals surface area (Å²) in [5.41, 5.74) is 11.8. The van der Waals surface area contributed by atoms with E-state index in [9.17, 15) is 0 Å². The molecule has 0 fully saturated rings. The maximum atomic E-state index is 2.37. The third-order valence-corrected chi connectivity index (χ3v) is 10.4. The van der Waals surface area contributed by atoms with Gasteiger partial charge in [0.15, 0.2) is 0 Å². The van der Waals surface area contributed by atoms with Gasteiger partial charge >= 0.3 is 0 Å². The lowest BCUT2D eigenvalue weighted by Gasteiger charge is -2.26. The zero-order valence-corrected chi connectivity index (χ0v) is 28.5. The Kier molecular flexibility index (Phi) is 7.18. The van der Waals surface area contributed by atoms with Crippen molar-refractivity contribution >= 4 is 60.4 Å². The SMILES string of the molecule is c1ccc(N(c2ccc(-c3cccc4cccc(-c5cccc6ccccc56)c34)cc2)c2ccc(-n3c4ccccc4c4ccccc43)cc2)cc1. The Hall–Kier alpha value is -6.90. The fourth-order valence-electron chi connectivity index (χ4n) is 8.03. The minimum Gasteiger partial charge on any atom is -0.311 e. The minimum absolute atomic E-state index is 1.10. The molecule has 1 heterocycles. The molecule has 0 saturated heterocycles. The van der Waals surface area contributed by atoms with Crippen LogP contribution in [0.5, 0.6) is 0 Å². The summed E-state index contributed by atoms with van der Waals surface area (Å²) < 4.78 is 2.37. The van der Waals surface area contributed by atoms with Crippen LogP contribution in [0.1, 0.15) is 0 Å². The molecule has 0 aliphatic heterocycles. The normalized spacial score (nSPS) is 11.5. The topological polar surface area (TPSA) is 8.17 Å². The van der Waals surface area contributed by atoms with Crippen molar-refractivity contribution in [2.75, 3.05) is 4.90 Å². The molecule has 0 radical (unpaired) electrons. The predicted octanol–water partition coefficient (Wildman–Crippen LogP) is 13.9. The molecule has 0 bridgehead atoms. The molecule has 10 rings (SSSR count). The van der Waals surface area contributed by atoms with E-state index in [2.05, 4.69) is 216 Å². The number of rotatable bonds is 6. The lowest BCUT2D eigenvalue weighted by molar-refractivity contribution is 1.17. The van der Waals surface area contributed by atoms with E-state index in [4.69, 9.17) is 0 Å². The number of para-hydroxylation sites is 3. The van der Waals surface area contributed by atoms with Crippen LogP contribution in [0.25, 0.3) is 71.3 Å². The molecule has 0 spiro atoms. The molecular weight excluding hydrogens is 629 g/mol. The molecule has 0 N–H and O–H groups in total. The summed E-state index contributed by atoms with van der Waals surface area (Å²) in [6.45, 7) is 0. The number of hydrogen-bond acceptors (Lipinski definition) is 1. The number of fused-ring (bicyclic) bond motifs is 5. The molecule has 0 aliphatic rings. The highest BCUT2D eigenvalue weighted by molar-refractivity contribution is 6.11. The Morgan fingerprint density at radius 1 is 0.308 bits per heavy atom. The summed E-state index contributed by atoms with van der Waals surface area (Å²) in [6.07, 6.45) is 0. The van der Waals surface area contributed by atoms with E-state index < -0.39 is 0 Å². The molecule has 0 atom stereocenters. The van der Waals surface area contributed by atoms with Gasteiger partial charge in [0.1, 0.15) is 0 Å². The highest BCUT2D eigenvalue weighted by Crippen LogP contribution is 2.41. The summed E-state index contributed by atoms with van der Waals surface area (Å²) in [6, 6.07) is 74.6.